The van der Waals surface area contributed by atoms with Gasteiger partial charge in [-0.1, -0.05) is 29.8 Å². The van der Waals surface area contributed by atoms with Crippen molar-refractivity contribution in [3.8, 4) is 11.5 Å². The van der Waals surface area contributed by atoms with E-state index in [0.29, 0.717) is 23.7 Å². The van der Waals surface area contributed by atoms with Gasteiger partial charge in [0.25, 0.3) is 5.91 Å². The summed E-state index contributed by atoms with van der Waals surface area (Å²) in [6.45, 7) is 2.51. The highest BCUT2D eigenvalue weighted by molar-refractivity contribution is 14.1. The van der Waals surface area contributed by atoms with Gasteiger partial charge in [-0.25, -0.2) is 5.43 Å². The smallest absolute Gasteiger partial charge is 0.271 e. The second-order valence-corrected chi connectivity index (χ2v) is 7.64. The van der Waals surface area contributed by atoms with E-state index in [2.05, 4.69) is 52.2 Å². The lowest BCUT2D eigenvalue weighted by Crippen LogP contribution is -2.17. The highest BCUT2D eigenvalue weighted by Crippen LogP contribution is 2.28. The minimum absolute atomic E-state index is 0.261. The highest BCUT2D eigenvalue weighted by atomic mass is 127. The molecule has 3 aromatic carbocycles. The van der Waals surface area contributed by atoms with E-state index in [0.717, 1.165) is 14.7 Å². The lowest BCUT2D eigenvalue weighted by atomic mass is 10.2. The van der Waals surface area contributed by atoms with E-state index >= 15 is 0 Å². The number of carbonyl (C=O) groups excluding carboxylic acids is 1. The number of hydrazone groups is 1. The first kappa shape index (κ1) is 20.9. The van der Waals surface area contributed by atoms with E-state index in [4.69, 9.17) is 9.47 Å². The van der Waals surface area contributed by atoms with Gasteiger partial charge in [0, 0.05) is 9.13 Å². The maximum Gasteiger partial charge on any atom is 0.271 e. The second kappa shape index (κ2) is 10.1. The van der Waals surface area contributed by atoms with Gasteiger partial charge < -0.3 is 9.47 Å². The van der Waals surface area contributed by atoms with E-state index in [9.17, 15) is 4.79 Å². The first-order valence-corrected chi connectivity index (χ1v) is 10.1. The maximum atomic E-state index is 12.1. The SMILES string of the molecule is COc1cc(/C=N\NC(=O)c2ccc(I)cc2)ccc1OCc1ccc(C)cc1. The van der Waals surface area contributed by atoms with Crippen LogP contribution in [0.4, 0.5) is 0 Å². The summed E-state index contributed by atoms with van der Waals surface area (Å²) in [4.78, 5) is 12.1. The molecule has 6 heteroatoms. The Balaban J connectivity index is 1.61. The number of carbonyl (C=O) groups is 1. The number of benzene rings is 3. The van der Waals surface area contributed by atoms with Crippen LogP contribution in [0.5, 0.6) is 11.5 Å². The fraction of sp³-hybridized carbons (Fsp3) is 0.130. The molecule has 0 spiro atoms. The molecule has 0 saturated carbocycles. The Labute approximate surface area is 183 Å². The molecule has 3 rings (SSSR count). The third-order valence-electron chi connectivity index (χ3n) is 4.19. The Bertz CT molecular complexity index is 1000. The molecule has 148 valence electrons. The van der Waals surface area contributed by atoms with Crippen LogP contribution in [0.1, 0.15) is 27.0 Å². The molecule has 3 aromatic rings. The number of hydrogen-bond donors (Lipinski definition) is 1. The molecule has 0 atom stereocenters. The summed E-state index contributed by atoms with van der Waals surface area (Å²) in [7, 11) is 1.59. The lowest BCUT2D eigenvalue weighted by molar-refractivity contribution is 0.0955. The molecule has 0 aliphatic carbocycles. The first-order chi connectivity index (χ1) is 14.0. The Morgan fingerprint density at radius 1 is 1.03 bits per heavy atom. The Kier molecular flexibility index (Phi) is 7.24. The molecule has 1 N–H and O–H groups in total. The summed E-state index contributed by atoms with van der Waals surface area (Å²) in [5, 5.41) is 4.02. The van der Waals surface area contributed by atoms with Crippen LogP contribution in [0.3, 0.4) is 0 Å². The number of ether oxygens (including phenoxy) is 2. The number of hydrogen-bond acceptors (Lipinski definition) is 4. The average molecular weight is 500 g/mol. The van der Waals surface area contributed by atoms with Crippen LogP contribution in [0.2, 0.25) is 0 Å². The van der Waals surface area contributed by atoms with Crippen LogP contribution < -0.4 is 14.9 Å². The lowest BCUT2D eigenvalue weighted by Gasteiger charge is -2.11. The number of methoxy groups -OCH3 is 1. The van der Waals surface area contributed by atoms with Crippen LogP contribution in [0.15, 0.2) is 71.8 Å². The Morgan fingerprint density at radius 2 is 1.76 bits per heavy atom. The van der Waals surface area contributed by atoms with Crippen LogP contribution in [0.25, 0.3) is 0 Å². The minimum atomic E-state index is -0.261. The zero-order chi connectivity index (χ0) is 20.6. The number of nitrogens with one attached hydrogen (secondary N) is 1. The molecule has 0 unspecified atom stereocenters. The minimum Gasteiger partial charge on any atom is -0.493 e. The summed E-state index contributed by atoms with van der Waals surface area (Å²) in [5.41, 5.74) is 6.16. The number of amides is 1. The van der Waals surface area contributed by atoms with Crippen LogP contribution >= 0.6 is 22.6 Å². The molecule has 0 aliphatic rings. The van der Waals surface area contributed by atoms with Crippen molar-refractivity contribution in [2.45, 2.75) is 13.5 Å². The Morgan fingerprint density at radius 3 is 2.45 bits per heavy atom. The molecular formula is C23H21IN2O3. The summed E-state index contributed by atoms with van der Waals surface area (Å²) >= 11 is 2.19. The summed E-state index contributed by atoms with van der Waals surface area (Å²) in [5.74, 6) is 0.987. The number of aryl methyl sites for hydroxylation is 1. The van der Waals surface area contributed by atoms with Crippen LogP contribution in [0, 0.1) is 10.5 Å². The molecule has 0 heterocycles. The summed E-state index contributed by atoms with van der Waals surface area (Å²) < 4.78 is 12.4. The third kappa shape index (κ3) is 6.05. The van der Waals surface area contributed by atoms with E-state index in [1.54, 1.807) is 25.5 Å². The monoisotopic (exact) mass is 500 g/mol. The molecule has 0 radical (unpaired) electrons. The quantitative estimate of drug-likeness (QED) is 0.284. The molecule has 5 nitrogen and oxygen atoms in total. The van der Waals surface area contributed by atoms with Crippen molar-refractivity contribution in [1.82, 2.24) is 5.43 Å². The number of halogens is 1. The average Bonchev–Trinajstić information content (AvgIpc) is 2.74. The highest BCUT2D eigenvalue weighted by Gasteiger charge is 2.07. The van der Waals surface area contributed by atoms with E-state index in [-0.39, 0.29) is 5.91 Å². The van der Waals surface area contributed by atoms with Crippen molar-refractivity contribution in [2.75, 3.05) is 7.11 Å². The second-order valence-electron chi connectivity index (χ2n) is 6.39. The molecule has 0 saturated heterocycles. The molecule has 0 aromatic heterocycles. The Hall–Kier alpha value is -2.87. The van der Waals surface area contributed by atoms with Crippen molar-refractivity contribution in [3.63, 3.8) is 0 Å². The normalized spacial score (nSPS) is 10.7. The van der Waals surface area contributed by atoms with Gasteiger partial charge in [-0.15, -0.1) is 0 Å². The van der Waals surface area contributed by atoms with E-state index in [1.807, 2.05) is 42.5 Å². The van der Waals surface area contributed by atoms with Gasteiger partial charge in [-0.3, -0.25) is 4.79 Å². The van der Waals surface area contributed by atoms with E-state index in [1.165, 1.54) is 5.56 Å². The predicted octanol–water partition coefficient (Wildman–Crippen LogP) is 4.95. The number of rotatable bonds is 7. The molecule has 29 heavy (non-hydrogen) atoms. The predicted molar refractivity (Wildman–Crippen MR) is 123 cm³/mol. The maximum absolute atomic E-state index is 12.1. The zero-order valence-corrected chi connectivity index (χ0v) is 18.3. The van der Waals surface area contributed by atoms with Crippen molar-refractivity contribution >= 4 is 34.7 Å². The summed E-state index contributed by atoms with van der Waals surface area (Å²) in [6.07, 6.45) is 1.57. The van der Waals surface area contributed by atoms with Crippen molar-refractivity contribution < 1.29 is 14.3 Å². The molecule has 1 amide bonds. The topological polar surface area (TPSA) is 59.9 Å². The molecule has 0 bridgehead atoms. The first-order valence-electron chi connectivity index (χ1n) is 9.00. The zero-order valence-electron chi connectivity index (χ0n) is 16.2. The van der Waals surface area contributed by atoms with Gasteiger partial charge in [0.2, 0.25) is 0 Å². The van der Waals surface area contributed by atoms with Crippen LogP contribution in [-0.4, -0.2) is 19.2 Å². The number of nitrogens with zero attached hydrogens (tertiary/aromatic N) is 1. The van der Waals surface area contributed by atoms with E-state index < -0.39 is 0 Å². The van der Waals surface area contributed by atoms with Crippen molar-refractivity contribution in [1.29, 1.82) is 0 Å². The van der Waals surface area contributed by atoms with Gasteiger partial charge in [0.15, 0.2) is 11.5 Å². The summed E-state index contributed by atoms with van der Waals surface area (Å²) in [6, 6.07) is 21.0. The van der Waals surface area contributed by atoms with Crippen molar-refractivity contribution in [3.05, 3.63) is 92.6 Å². The van der Waals surface area contributed by atoms with Gasteiger partial charge in [-0.05, 0) is 83.1 Å². The molecule has 0 fully saturated rings. The van der Waals surface area contributed by atoms with Gasteiger partial charge in [0.1, 0.15) is 6.61 Å². The molecular weight excluding hydrogens is 479 g/mol. The fourth-order valence-electron chi connectivity index (χ4n) is 2.56. The molecule has 0 aliphatic heterocycles. The van der Waals surface area contributed by atoms with Crippen LogP contribution in [-0.2, 0) is 6.61 Å². The van der Waals surface area contributed by atoms with Gasteiger partial charge in [0.05, 0.1) is 13.3 Å². The van der Waals surface area contributed by atoms with Gasteiger partial charge >= 0.3 is 0 Å². The standard InChI is InChI=1S/C23H21IN2O3/c1-16-3-5-17(6-4-16)15-29-21-12-7-18(13-22(21)28-2)14-25-26-23(27)19-8-10-20(24)11-9-19/h3-14H,15H2,1-2H3,(H,26,27)/b25-14-. The van der Waals surface area contributed by atoms with Gasteiger partial charge in [-0.2, -0.15) is 5.10 Å². The largest absolute Gasteiger partial charge is 0.493 e. The fourth-order valence-corrected chi connectivity index (χ4v) is 2.92. The third-order valence-corrected chi connectivity index (χ3v) is 4.91. The van der Waals surface area contributed by atoms with Crippen molar-refractivity contribution in [2.24, 2.45) is 5.10 Å².